The molecule has 2 aromatic rings. The minimum atomic E-state index is -0.0483. The summed E-state index contributed by atoms with van der Waals surface area (Å²) in [4.78, 5) is 16.0. The topological polar surface area (TPSA) is 78.9 Å². The maximum Gasteiger partial charge on any atom is 0.220 e. The van der Waals surface area contributed by atoms with E-state index in [1.54, 1.807) is 12.1 Å². The van der Waals surface area contributed by atoms with Crippen LogP contribution in [0.2, 0.25) is 0 Å². The molecule has 0 aliphatic rings. The van der Waals surface area contributed by atoms with Crippen molar-refractivity contribution in [3.05, 3.63) is 52.7 Å². The van der Waals surface area contributed by atoms with Gasteiger partial charge in [-0.2, -0.15) is 5.26 Å². The highest BCUT2D eigenvalue weighted by Crippen LogP contribution is 2.08. The van der Waals surface area contributed by atoms with Crippen LogP contribution >= 0.6 is 0 Å². The summed E-state index contributed by atoms with van der Waals surface area (Å²) in [6.45, 7) is 4.02. The Bertz CT molecular complexity index is 646. The van der Waals surface area contributed by atoms with E-state index < -0.39 is 0 Å². The van der Waals surface area contributed by atoms with Gasteiger partial charge in [-0.05, 0) is 38.0 Å². The molecule has 21 heavy (non-hydrogen) atoms. The van der Waals surface area contributed by atoms with Crippen molar-refractivity contribution in [2.24, 2.45) is 0 Å². The van der Waals surface area contributed by atoms with E-state index in [9.17, 15) is 4.79 Å². The number of benzene rings is 1. The Morgan fingerprint density at radius 2 is 2.05 bits per heavy atom. The van der Waals surface area contributed by atoms with Crippen LogP contribution in [-0.4, -0.2) is 10.9 Å². The SMILES string of the molecule is Cc1nc(CNC(=O)CCc2ccc(C#N)cc2)oc1C. The first kappa shape index (κ1) is 14.8. The van der Waals surface area contributed by atoms with E-state index in [2.05, 4.69) is 16.4 Å². The molecule has 1 aromatic carbocycles. The van der Waals surface area contributed by atoms with E-state index in [0.717, 1.165) is 17.0 Å². The van der Waals surface area contributed by atoms with Gasteiger partial charge in [0.2, 0.25) is 11.8 Å². The molecule has 1 heterocycles. The summed E-state index contributed by atoms with van der Waals surface area (Å²) >= 11 is 0. The molecule has 108 valence electrons. The number of carbonyl (C=O) groups excluding carboxylic acids is 1. The lowest BCUT2D eigenvalue weighted by atomic mass is 10.1. The highest BCUT2D eigenvalue weighted by Gasteiger charge is 2.07. The molecule has 1 N–H and O–H groups in total. The fraction of sp³-hybridized carbons (Fsp3) is 0.312. The van der Waals surface area contributed by atoms with E-state index in [4.69, 9.17) is 9.68 Å². The molecule has 0 aliphatic heterocycles. The van der Waals surface area contributed by atoms with Crippen LogP contribution in [0.15, 0.2) is 28.7 Å². The highest BCUT2D eigenvalue weighted by atomic mass is 16.4. The molecule has 1 aromatic heterocycles. The zero-order chi connectivity index (χ0) is 15.2. The van der Waals surface area contributed by atoms with E-state index in [-0.39, 0.29) is 5.91 Å². The highest BCUT2D eigenvalue weighted by molar-refractivity contribution is 5.76. The molecule has 0 saturated carbocycles. The quantitative estimate of drug-likeness (QED) is 0.914. The standard InChI is InChI=1S/C16H17N3O2/c1-11-12(2)21-16(19-11)10-18-15(20)8-7-13-3-5-14(9-17)6-4-13/h3-6H,7-8,10H2,1-2H3,(H,18,20). The third-order valence-corrected chi connectivity index (χ3v) is 3.23. The fourth-order valence-corrected chi connectivity index (χ4v) is 1.88. The van der Waals surface area contributed by atoms with Crippen LogP contribution in [0.25, 0.3) is 0 Å². The number of aromatic nitrogens is 1. The molecule has 0 radical (unpaired) electrons. The predicted molar refractivity (Wildman–Crippen MR) is 77.3 cm³/mol. The van der Waals surface area contributed by atoms with Crippen molar-refractivity contribution in [1.82, 2.24) is 10.3 Å². The lowest BCUT2D eigenvalue weighted by Gasteiger charge is -2.03. The largest absolute Gasteiger partial charge is 0.444 e. The average Bonchev–Trinajstić information content (AvgIpc) is 2.82. The number of amides is 1. The number of carbonyl (C=O) groups is 1. The summed E-state index contributed by atoms with van der Waals surface area (Å²) in [6, 6.07) is 9.31. The molecular formula is C16H17N3O2. The number of hydrogen-bond donors (Lipinski definition) is 1. The molecule has 5 heteroatoms. The number of hydrogen-bond acceptors (Lipinski definition) is 4. The van der Waals surface area contributed by atoms with Crippen LogP contribution in [-0.2, 0) is 17.8 Å². The van der Waals surface area contributed by atoms with Gasteiger partial charge in [-0.25, -0.2) is 4.98 Å². The van der Waals surface area contributed by atoms with Crippen LogP contribution in [0.1, 0.15) is 34.9 Å². The Morgan fingerprint density at radius 1 is 1.33 bits per heavy atom. The molecule has 0 bridgehead atoms. The third kappa shape index (κ3) is 4.18. The van der Waals surface area contributed by atoms with Gasteiger partial charge in [0.05, 0.1) is 23.9 Å². The third-order valence-electron chi connectivity index (χ3n) is 3.23. The summed E-state index contributed by atoms with van der Waals surface area (Å²) < 4.78 is 5.40. The van der Waals surface area contributed by atoms with Gasteiger partial charge < -0.3 is 9.73 Å². The minimum absolute atomic E-state index is 0.0483. The zero-order valence-electron chi connectivity index (χ0n) is 12.1. The minimum Gasteiger partial charge on any atom is -0.444 e. The summed E-state index contributed by atoms with van der Waals surface area (Å²) in [5.74, 6) is 1.25. The monoisotopic (exact) mass is 283 g/mol. The average molecular weight is 283 g/mol. The number of nitrogens with zero attached hydrogens (tertiary/aromatic N) is 2. The summed E-state index contributed by atoms with van der Waals surface area (Å²) in [5, 5.41) is 11.5. The smallest absolute Gasteiger partial charge is 0.220 e. The Balaban J connectivity index is 1.78. The zero-order valence-corrected chi connectivity index (χ0v) is 12.1. The second-order valence-corrected chi connectivity index (χ2v) is 4.83. The van der Waals surface area contributed by atoms with Crippen LogP contribution in [0.5, 0.6) is 0 Å². The molecule has 0 fully saturated rings. The van der Waals surface area contributed by atoms with E-state index >= 15 is 0 Å². The van der Waals surface area contributed by atoms with Crippen molar-refractivity contribution in [2.45, 2.75) is 33.2 Å². The molecule has 0 saturated heterocycles. The van der Waals surface area contributed by atoms with Gasteiger partial charge >= 0.3 is 0 Å². The van der Waals surface area contributed by atoms with E-state index in [0.29, 0.717) is 30.8 Å². The molecular weight excluding hydrogens is 266 g/mol. The van der Waals surface area contributed by atoms with Gasteiger partial charge in [-0.1, -0.05) is 12.1 Å². The summed E-state index contributed by atoms with van der Waals surface area (Å²) in [5.41, 5.74) is 2.50. The Labute approximate surface area is 123 Å². The van der Waals surface area contributed by atoms with Crippen LogP contribution in [0.4, 0.5) is 0 Å². The molecule has 0 atom stereocenters. The van der Waals surface area contributed by atoms with Crippen LogP contribution < -0.4 is 5.32 Å². The molecule has 2 rings (SSSR count). The number of nitriles is 1. The van der Waals surface area contributed by atoms with Gasteiger partial charge in [-0.3, -0.25) is 4.79 Å². The van der Waals surface area contributed by atoms with Crippen molar-refractivity contribution < 1.29 is 9.21 Å². The maximum absolute atomic E-state index is 11.8. The number of rotatable bonds is 5. The van der Waals surface area contributed by atoms with Gasteiger partial charge in [0.25, 0.3) is 0 Å². The van der Waals surface area contributed by atoms with Gasteiger partial charge in [-0.15, -0.1) is 0 Å². The van der Waals surface area contributed by atoms with Crippen LogP contribution in [0.3, 0.4) is 0 Å². The maximum atomic E-state index is 11.8. The summed E-state index contributed by atoms with van der Waals surface area (Å²) in [6.07, 6.45) is 1.03. The first-order chi connectivity index (χ1) is 10.1. The first-order valence-electron chi connectivity index (χ1n) is 6.77. The van der Waals surface area contributed by atoms with Crippen LogP contribution in [0, 0.1) is 25.2 Å². The van der Waals surface area contributed by atoms with Gasteiger partial charge in [0.15, 0.2) is 0 Å². The molecule has 0 aliphatic carbocycles. The Kier molecular flexibility index (Phi) is 4.72. The lowest BCUT2D eigenvalue weighted by molar-refractivity contribution is -0.121. The van der Waals surface area contributed by atoms with Crippen molar-refractivity contribution in [3.63, 3.8) is 0 Å². The molecule has 0 spiro atoms. The van der Waals surface area contributed by atoms with Crippen molar-refractivity contribution in [3.8, 4) is 6.07 Å². The fourth-order valence-electron chi connectivity index (χ4n) is 1.88. The van der Waals surface area contributed by atoms with Gasteiger partial charge in [0.1, 0.15) is 5.76 Å². The molecule has 5 nitrogen and oxygen atoms in total. The van der Waals surface area contributed by atoms with Gasteiger partial charge in [0, 0.05) is 6.42 Å². The second-order valence-electron chi connectivity index (χ2n) is 4.83. The second kappa shape index (κ2) is 6.71. The molecule has 0 unspecified atom stereocenters. The van der Waals surface area contributed by atoms with Crippen molar-refractivity contribution >= 4 is 5.91 Å². The van der Waals surface area contributed by atoms with Crippen molar-refractivity contribution in [2.75, 3.05) is 0 Å². The first-order valence-corrected chi connectivity index (χ1v) is 6.77. The van der Waals surface area contributed by atoms with E-state index in [1.807, 2.05) is 26.0 Å². The number of oxazole rings is 1. The normalized spacial score (nSPS) is 10.1. The van der Waals surface area contributed by atoms with Crippen molar-refractivity contribution in [1.29, 1.82) is 5.26 Å². The summed E-state index contributed by atoms with van der Waals surface area (Å²) in [7, 11) is 0. The Hall–Kier alpha value is -2.61. The number of nitrogens with one attached hydrogen (secondary N) is 1. The Morgan fingerprint density at radius 3 is 2.62 bits per heavy atom. The molecule has 1 amide bonds. The number of aryl methyl sites for hydroxylation is 3. The lowest BCUT2D eigenvalue weighted by Crippen LogP contribution is -2.23. The van der Waals surface area contributed by atoms with E-state index in [1.165, 1.54) is 0 Å². The predicted octanol–water partition coefficient (Wildman–Crippen LogP) is 2.41.